The molecule has 0 aliphatic carbocycles. The maximum atomic E-state index is 13.0. The number of ether oxygens (including phenoxy) is 1. The molecule has 4 rings (SSSR count). The van der Waals surface area contributed by atoms with Crippen molar-refractivity contribution in [2.24, 2.45) is 5.41 Å². The van der Waals surface area contributed by atoms with E-state index < -0.39 is 5.41 Å². The highest BCUT2D eigenvalue weighted by Crippen LogP contribution is 2.49. The molecule has 0 saturated carbocycles. The van der Waals surface area contributed by atoms with Crippen LogP contribution in [0.1, 0.15) is 17.9 Å². The van der Waals surface area contributed by atoms with Crippen molar-refractivity contribution in [3.05, 3.63) is 35.9 Å². The number of rotatable bonds is 1. The largest absolute Gasteiger partial charge is 0.378 e. The topological polar surface area (TPSA) is 53.1 Å². The van der Waals surface area contributed by atoms with E-state index in [1.165, 1.54) is 5.56 Å². The van der Waals surface area contributed by atoms with Gasteiger partial charge in [0.25, 0.3) is 0 Å². The summed E-state index contributed by atoms with van der Waals surface area (Å²) in [5.74, 6) is 0.326. The lowest BCUT2D eigenvalue weighted by Gasteiger charge is -2.33. The van der Waals surface area contributed by atoms with Crippen LogP contribution < -0.4 is 0 Å². The van der Waals surface area contributed by atoms with Gasteiger partial charge in [-0.2, -0.15) is 0 Å². The van der Waals surface area contributed by atoms with Crippen LogP contribution in [0.4, 0.5) is 4.79 Å². The minimum atomic E-state index is -0.474. The van der Waals surface area contributed by atoms with Crippen molar-refractivity contribution in [3.63, 3.8) is 0 Å². The first-order valence-electron chi connectivity index (χ1n) is 9.04. The summed E-state index contributed by atoms with van der Waals surface area (Å²) in [4.78, 5) is 31.4. The highest BCUT2D eigenvalue weighted by molar-refractivity contribution is 5.88. The van der Waals surface area contributed by atoms with Crippen molar-refractivity contribution in [1.82, 2.24) is 14.7 Å². The summed E-state index contributed by atoms with van der Waals surface area (Å²) in [7, 11) is 1.87. The highest BCUT2D eigenvalue weighted by Gasteiger charge is 2.57. The zero-order valence-electron chi connectivity index (χ0n) is 14.7. The van der Waals surface area contributed by atoms with Crippen LogP contribution >= 0.6 is 0 Å². The first-order chi connectivity index (χ1) is 12.1. The molecule has 134 valence electrons. The van der Waals surface area contributed by atoms with E-state index in [4.69, 9.17) is 4.74 Å². The number of urea groups is 1. The Labute approximate surface area is 148 Å². The average Bonchev–Trinajstić information content (AvgIpc) is 3.21. The van der Waals surface area contributed by atoms with Crippen molar-refractivity contribution in [2.75, 3.05) is 53.0 Å². The molecule has 0 bridgehead atoms. The van der Waals surface area contributed by atoms with Crippen LogP contribution in [-0.4, -0.2) is 79.6 Å². The van der Waals surface area contributed by atoms with E-state index in [-0.39, 0.29) is 17.9 Å². The van der Waals surface area contributed by atoms with E-state index in [0.29, 0.717) is 39.4 Å². The second-order valence-electron chi connectivity index (χ2n) is 7.36. The van der Waals surface area contributed by atoms with Gasteiger partial charge in [-0.25, -0.2) is 4.79 Å². The molecule has 0 unspecified atom stereocenters. The molecule has 0 radical (unpaired) electrons. The molecule has 3 aliphatic rings. The number of benzene rings is 1. The number of hydrogen-bond donors (Lipinski definition) is 0. The second kappa shape index (κ2) is 6.33. The maximum absolute atomic E-state index is 13.0. The van der Waals surface area contributed by atoms with Crippen molar-refractivity contribution in [1.29, 1.82) is 0 Å². The second-order valence-corrected chi connectivity index (χ2v) is 7.36. The molecule has 1 aromatic rings. The Balaban J connectivity index is 1.57. The van der Waals surface area contributed by atoms with E-state index in [0.717, 1.165) is 13.0 Å². The summed E-state index contributed by atoms with van der Waals surface area (Å²) in [6, 6.07) is 10.3. The van der Waals surface area contributed by atoms with E-state index in [9.17, 15) is 9.59 Å². The molecule has 1 aromatic carbocycles. The van der Waals surface area contributed by atoms with Gasteiger partial charge in [0.15, 0.2) is 0 Å². The minimum absolute atomic E-state index is 0.0503. The number of nitrogens with zero attached hydrogens (tertiary/aromatic N) is 3. The predicted molar refractivity (Wildman–Crippen MR) is 93.2 cm³/mol. The molecule has 3 heterocycles. The van der Waals surface area contributed by atoms with E-state index >= 15 is 0 Å². The Morgan fingerprint density at radius 1 is 1.12 bits per heavy atom. The Kier molecular flexibility index (Phi) is 4.15. The lowest BCUT2D eigenvalue weighted by Crippen LogP contribution is -2.48. The molecule has 1 spiro atoms. The first-order valence-corrected chi connectivity index (χ1v) is 9.04. The average molecular weight is 343 g/mol. The van der Waals surface area contributed by atoms with E-state index in [1.54, 1.807) is 0 Å². The van der Waals surface area contributed by atoms with Crippen LogP contribution in [0, 0.1) is 5.41 Å². The Hall–Kier alpha value is -2.08. The number of hydrogen-bond acceptors (Lipinski definition) is 3. The monoisotopic (exact) mass is 343 g/mol. The van der Waals surface area contributed by atoms with Gasteiger partial charge in [-0.1, -0.05) is 30.3 Å². The molecule has 6 nitrogen and oxygen atoms in total. The molecule has 3 fully saturated rings. The number of likely N-dealkylation sites (tertiary alicyclic amines) is 2. The zero-order chi connectivity index (χ0) is 17.4. The van der Waals surface area contributed by atoms with Gasteiger partial charge in [0.05, 0.1) is 18.6 Å². The standard InChI is InChI=1S/C19H25N3O3/c1-20-13-16(15-5-3-2-4-6-15)19(17(20)23)7-8-22(14-19)18(24)21-9-11-25-12-10-21/h2-6,16H,7-14H2,1H3/t16-,19-/m0/s1. The van der Waals surface area contributed by atoms with Gasteiger partial charge in [0.1, 0.15) is 0 Å². The smallest absolute Gasteiger partial charge is 0.320 e. The molecule has 6 heteroatoms. The zero-order valence-corrected chi connectivity index (χ0v) is 14.7. The van der Waals surface area contributed by atoms with E-state index in [1.807, 2.05) is 39.9 Å². The molecule has 3 aliphatic heterocycles. The predicted octanol–water partition coefficient (Wildman–Crippen LogP) is 1.39. The Bertz CT molecular complexity index is 659. The van der Waals surface area contributed by atoms with Gasteiger partial charge >= 0.3 is 6.03 Å². The number of carbonyl (C=O) groups is 2. The maximum Gasteiger partial charge on any atom is 0.320 e. The summed E-state index contributed by atoms with van der Waals surface area (Å²) in [6.45, 7) is 4.36. The molecule has 3 saturated heterocycles. The molecular formula is C19H25N3O3. The minimum Gasteiger partial charge on any atom is -0.378 e. The van der Waals surface area contributed by atoms with Crippen molar-refractivity contribution >= 4 is 11.9 Å². The third kappa shape index (κ3) is 2.68. The summed E-state index contributed by atoms with van der Waals surface area (Å²) in [5.41, 5.74) is 0.721. The normalized spacial score (nSPS) is 29.7. The van der Waals surface area contributed by atoms with Crippen LogP contribution in [0.3, 0.4) is 0 Å². The first kappa shape index (κ1) is 16.4. The van der Waals surface area contributed by atoms with Crippen molar-refractivity contribution < 1.29 is 14.3 Å². The van der Waals surface area contributed by atoms with Crippen LogP contribution in [-0.2, 0) is 9.53 Å². The molecular weight excluding hydrogens is 318 g/mol. The third-order valence-corrected chi connectivity index (χ3v) is 5.95. The fraction of sp³-hybridized carbons (Fsp3) is 0.579. The number of amides is 3. The fourth-order valence-electron chi connectivity index (χ4n) is 4.58. The van der Waals surface area contributed by atoms with Gasteiger partial charge in [-0.15, -0.1) is 0 Å². The molecule has 0 N–H and O–H groups in total. The summed E-state index contributed by atoms with van der Waals surface area (Å²) in [5, 5.41) is 0. The molecule has 25 heavy (non-hydrogen) atoms. The molecule has 2 atom stereocenters. The van der Waals surface area contributed by atoms with Gasteiger partial charge in [0, 0.05) is 45.7 Å². The van der Waals surface area contributed by atoms with E-state index in [2.05, 4.69) is 12.1 Å². The molecule has 0 aromatic heterocycles. The van der Waals surface area contributed by atoms with Crippen LogP contribution in [0.15, 0.2) is 30.3 Å². The summed E-state index contributed by atoms with van der Waals surface area (Å²) >= 11 is 0. The van der Waals surface area contributed by atoms with Gasteiger partial charge < -0.3 is 19.4 Å². The lowest BCUT2D eigenvalue weighted by molar-refractivity contribution is -0.134. The van der Waals surface area contributed by atoms with Crippen LogP contribution in [0.2, 0.25) is 0 Å². The summed E-state index contributed by atoms with van der Waals surface area (Å²) in [6.07, 6.45) is 0.742. The number of carbonyl (C=O) groups excluding carboxylic acids is 2. The summed E-state index contributed by atoms with van der Waals surface area (Å²) < 4.78 is 5.34. The van der Waals surface area contributed by atoms with Crippen LogP contribution in [0.5, 0.6) is 0 Å². The SMILES string of the molecule is CN1C[C@@H](c2ccccc2)[C@@]2(CCN(C(=O)N3CCOCC3)C2)C1=O. The van der Waals surface area contributed by atoms with Crippen molar-refractivity contribution in [2.45, 2.75) is 12.3 Å². The fourth-order valence-corrected chi connectivity index (χ4v) is 4.58. The van der Waals surface area contributed by atoms with Crippen molar-refractivity contribution in [3.8, 4) is 0 Å². The Morgan fingerprint density at radius 2 is 1.84 bits per heavy atom. The quantitative estimate of drug-likeness (QED) is 0.774. The van der Waals surface area contributed by atoms with Crippen LogP contribution in [0.25, 0.3) is 0 Å². The van der Waals surface area contributed by atoms with Gasteiger partial charge in [-0.05, 0) is 12.0 Å². The third-order valence-electron chi connectivity index (χ3n) is 5.95. The van der Waals surface area contributed by atoms with Gasteiger partial charge in [-0.3, -0.25) is 4.79 Å². The lowest BCUT2D eigenvalue weighted by atomic mass is 9.73. The number of morpholine rings is 1. The molecule has 3 amide bonds. The van der Waals surface area contributed by atoms with Gasteiger partial charge in [0.2, 0.25) is 5.91 Å². The highest BCUT2D eigenvalue weighted by atomic mass is 16.5. The number of likely N-dealkylation sites (N-methyl/N-ethyl adjacent to an activating group) is 1. The Morgan fingerprint density at radius 3 is 2.56 bits per heavy atom.